The fraction of sp³-hybridized carbons (Fsp3) is 0.364. The zero-order valence-corrected chi connectivity index (χ0v) is 9.08. The van der Waals surface area contributed by atoms with E-state index in [0.29, 0.717) is 0 Å². The topological polar surface area (TPSA) is 55.6 Å². The molecule has 0 aliphatic rings. The van der Waals surface area contributed by atoms with Crippen LogP contribution in [-0.4, -0.2) is 26.5 Å². The predicted octanol–water partition coefficient (Wildman–Crippen LogP) is 0.853. The molecule has 2 aromatic rings. The van der Waals surface area contributed by atoms with Crippen LogP contribution in [0.25, 0.3) is 0 Å². The van der Waals surface area contributed by atoms with E-state index in [1.807, 2.05) is 35.3 Å². The molecule has 0 aliphatic heterocycles. The zero-order valence-electron chi connectivity index (χ0n) is 9.08. The van der Waals surface area contributed by atoms with Gasteiger partial charge in [-0.25, -0.2) is 0 Å². The lowest BCUT2D eigenvalue weighted by Gasteiger charge is -2.03. The van der Waals surface area contributed by atoms with Crippen molar-refractivity contribution < 1.29 is 0 Å². The number of aryl methyl sites for hydroxylation is 1. The quantitative estimate of drug-likeness (QED) is 0.729. The Morgan fingerprint density at radius 1 is 1.25 bits per heavy atom. The summed E-state index contributed by atoms with van der Waals surface area (Å²) in [6.07, 6.45) is 6.42. The van der Waals surface area contributed by atoms with Crippen molar-refractivity contribution in [2.24, 2.45) is 0 Å². The summed E-state index contributed by atoms with van der Waals surface area (Å²) >= 11 is 0. The Hall–Kier alpha value is -1.75. The molecule has 0 saturated heterocycles. The van der Waals surface area contributed by atoms with Crippen molar-refractivity contribution in [2.45, 2.75) is 19.5 Å². The van der Waals surface area contributed by atoms with E-state index in [-0.39, 0.29) is 0 Å². The number of hydrogen-bond acceptors (Lipinski definition) is 4. The molecule has 1 N–H and O–H groups in total. The van der Waals surface area contributed by atoms with Crippen LogP contribution in [0.2, 0.25) is 0 Å². The third kappa shape index (κ3) is 3.43. The van der Waals surface area contributed by atoms with Gasteiger partial charge >= 0.3 is 0 Å². The average Bonchev–Trinajstić information content (AvgIpc) is 2.83. The SMILES string of the molecule is c1ccc(CNCCCn2ccnn2)nc1. The largest absolute Gasteiger partial charge is 0.311 e. The molecule has 0 spiro atoms. The van der Waals surface area contributed by atoms with Gasteiger partial charge in [-0.2, -0.15) is 0 Å². The number of rotatable bonds is 6. The second kappa shape index (κ2) is 5.97. The Morgan fingerprint density at radius 2 is 2.25 bits per heavy atom. The normalized spacial score (nSPS) is 10.5. The van der Waals surface area contributed by atoms with Gasteiger partial charge in [-0.15, -0.1) is 5.10 Å². The molecule has 0 aromatic carbocycles. The van der Waals surface area contributed by atoms with Crippen LogP contribution in [0.4, 0.5) is 0 Å². The van der Waals surface area contributed by atoms with E-state index in [1.165, 1.54) is 0 Å². The van der Waals surface area contributed by atoms with Crippen LogP contribution in [0.5, 0.6) is 0 Å². The van der Waals surface area contributed by atoms with Crippen LogP contribution in [0, 0.1) is 0 Å². The Labute approximate surface area is 94.5 Å². The standard InChI is InChI=1S/C11H15N5/c1-2-6-13-11(4-1)10-12-5-3-8-16-9-7-14-15-16/h1-2,4,6-7,9,12H,3,5,8,10H2. The maximum Gasteiger partial charge on any atom is 0.0692 e. The minimum atomic E-state index is 0.818. The fourth-order valence-electron chi connectivity index (χ4n) is 1.44. The van der Waals surface area contributed by atoms with Crippen LogP contribution in [-0.2, 0) is 13.1 Å². The first-order valence-electron chi connectivity index (χ1n) is 5.40. The Kier molecular flexibility index (Phi) is 4.01. The highest BCUT2D eigenvalue weighted by Gasteiger charge is 1.93. The molecule has 0 aliphatic carbocycles. The summed E-state index contributed by atoms with van der Waals surface area (Å²) in [6.45, 7) is 2.67. The number of nitrogens with zero attached hydrogens (tertiary/aromatic N) is 4. The van der Waals surface area contributed by atoms with Crippen molar-refractivity contribution in [3.63, 3.8) is 0 Å². The van der Waals surface area contributed by atoms with E-state index in [2.05, 4.69) is 20.6 Å². The lowest BCUT2D eigenvalue weighted by Crippen LogP contribution is -2.17. The molecule has 0 unspecified atom stereocenters. The highest BCUT2D eigenvalue weighted by atomic mass is 15.4. The van der Waals surface area contributed by atoms with Gasteiger partial charge < -0.3 is 5.32 Å². The first kappa shape index (κ1) is 10.8. The van der Waals surface area contributed by atoms with Crippen molar-refractivity contribution in [3.8, 4) is 0 Å². The number of nitrogens with one attached hydrogen (secondary N) is 1. The van der Waals surface area contributed by atoms with Gasteiger partial charge in [0.1, 0.15) is 0 Å². The first-order chi connectivity index (χ1) is 7.95. The number of pyridine rings is 1. The molecule has 2 heterocycles. The van der Waals surface area contributed by atoms with Crippen LogP contribution in [0.1, 0.15) is 12.1 Å². The summed E-state index contributed by atoms with van der Waals surface area (Å²) in [5.41, 5.74) is 1.07. The Balaban J connectivity index is 1.59. The highest BCUT2D eigenvalue weighted by molar-refractivity contribution is 5.02. The second-order valence-electron chi connectivity index (χ2n) is 3.52. The molecule has 2 aromatic heterocycles. The number of aromatic nitrogens is 4. The molecule has 0 amide bonds. The molecular formula is C11H15N5. The van der Waals surface area contributed by atoms with Gasteiger partial charge in [0.25, 0.3) is 0 Å². The van der Waals surface area contributed by atoms with Crippen molar-refractivity contribution in [1.29, 1.82) is 0 Å². The molecule has 0 atom stereocenters. The van der Waals surface area contributed by atoms with Crippen molar-refractivity contribution in [3.05, 3.63) is 42.5 Å². The van der Waals surface area contributed by atoms with Gasteiger partial charge in [0.15, 0.2) is 0 Å². The summed E-state index contributed by atoms with van der Waals surface area (Å²) in [7, 11) is 0. The van der Waals surface area contributed by atoms with Gasteiger partial charge in [0, 0.05) is 25.5 Å². The molecular weight excluding hydrogens is 202 g/mol. The molecule has 84 valence electrons. The molecule has 0 bridgehead atoms. The monoisotopic (exact) mass is 217 g/mol. The highest BCUT2D eigenvalue weighted by Crippen LogP contribution is 1.92. The second-order valence-corrected chi connectivity index (χ2v) is 3.52. The fourth-order valence-corrected chi connectivity index (χ4v) is 1.44. The molecule has 5 heteroatoms. The summed E-state index contributed by atoms with van der Waals surface area (Å²) in [6, 6.07) is 5.94. The van der Waals surface area contributed by atoms with E-state index >= 15 is 0 Å². The summed E-state index contributed by atoms with van der Waals surface area (Å²) in [5, 5.41) is 11.0. The summed E-state index contributed by atoms with van der Waals surface area (Å²) in [5.74, 6) is 0. The van der Waals surface area contributed by atoms with E-state index in [0.717, 1.165) is 31.7 Å². The average molecular weight is 217 g/mol. The van der Waals surface area contributed by atoms with E-state index in [4.69, 9.17) is 0 Å². The van der Waals surface area contributed by atoms with Crippen LogP contribution in [0.15, 0.2) is 36.8 Å². The first-order valence-corrected chi connectivity index (χ1v) is 5.40. The van der Waals surface area contributed by atoms with Gasteiger partial charge in [-0.05, 0) is 25.1 Å². The molecule has 0 saturated carbocycles. The van der Waals surface area contributed by atoms with E-state index < -0.39 is 0 Å². The molecule has 2 rings (SSSR count). The molecule has 5 nitrogen and oxygen atoms in total. The number of hydrogen-bond donors (Lipinski definition) is 1. The predicted molar refractivity (Wildman–Crippen MR) is 60.6 cm³/mol. The van der Waals surface area contributed by atoms with Gasteiger partial charge in [-0.1, -0.05) is 11.3 Å². The Morgan fingerprint density at radius 3 is 3.00 bits per heavy atom. The maximum absolute atomic E-state index is 4.24. The minimum Gasteiger partial charge on any atom is -0.311 e. The smallest absolute Gasteiger partial charge is 0.0692 e. The van der Waals surface area contributed by atoms with Gasteiger partial charge in [0.05, 0.1) is 11.9 Å². The van der Waals surface area contributed by atoms with Crippen molar-refractivity contribution in [1.82, 2.24) is 25.3 Å². The third-order valence-electron chi connectivity index (χ3n) is 2.24. The van der Waals surface area contributed by atoms with Gasteiger partial charge in [0.2, 0.25) is 0 Å². The lowest BCUT2D eigenvalue weighted by molar-refractivity contribution is 0.528. The van der Waals surface area contributed by atoms with Crippen molar-refractivity contribution >= 4 is 0 Å². The maximum atomic E-state index is 4.24. The van der Waals surface area contributed by atoms with Gasteiger partial charge in [-0.3, -0.25) is 9.67 Å². The lowest BCUT2D eigenvalue weighted by atomic mass is 10.3. The van der Waals surface area contributed by atoms with E-state index in [1.54, 1.807) is 6.20 Å². The molecule has 0 radical (unpaired) electrons. The van der Waals surface area contributed by atoms with Crippen LogP contribution >= 0.6 is 0 Å². The van der Waals surface area contributed by atoms with Crippen LogP contribution < -0.4 is 5.32 Å². The molecule has 0 fully saturated rings. The zero-order chi connectivity index (χ0) is 11.1. The van der Waals surface area contributed by atoms with Crippen LogP contribution in [0.3, 0.4) is 0 Å². The van der Waals surface area contributed by atoms with E-state index in [9.17, 15) is 0 Å². The molecule has 16 heavy (non-hydrogen) atoms. The van der Waals surface area contributed by atoms with Crippen molar-refractivity contribution in [2.75, 3.05) is 6.54 Å². The summed E-state index contributed by atoms with van der Waals surface area (Å²) in [4.78, 5) is 4.24. The minimum absolute atomic E-state index is 0.818. The Bertz CT molecular complexity index is 384. The third-order valence-corrected chi connectivity index (χ3v) is 2.24. The summed E-state index contributed by atoms with van der Waals surface area (Å²) < 4.78 is 1.84.